The van der Waals surface area contributed by atoms with Gasteiger partial charge in [0.05, 0.1) is 5.56 Å². The fraction of sp³-hybridized carbons (Fsp3) is 0.333. The third-order valence-corrected chi connectivity index (χ3v) is 2.25. The van der Waals surface area contributed by atoms with Crippen molar-refractivity contribution >= 4 is 6.08 Å². The third-order valence-electron chi connectivity index (χ3n) is 2.25. The first kappa shape index (κ1) is 12.8. The molecule has 4 heteroatoms. The average molecular weight is 229 g/mol. The van der Waals surface area contributed by atoms with Crippen LogP contribution < -0.4 is 5.32 Å². The molecule has 0 aliphatic carbocycles. The summed E-state index contributed by atoms with van der Waals surface area (Å²) >= 11 is 0. The molecule has 0 aliphatic heterocycles. The fourth-order valence-electron chi connectivity index (χ4n) is 1.17. The van der Waals surface area contributed by atoms with Crippen LogP contribution in [0.1, 0.15) is 18.1 Å². The van der Waals surface area contributed by atoms with Gasteiger partial charge in [0, 0.05) is 6.04 Å². The van der Waals surface area contributed by atoms with Crippen LogP contribution in [0, 0.1) is 0 Å². The van der Waals surface area contributed by atoms with Gasteiger partial charge in [-0.25, -0.2) is 0 Å². The minimum absolute atomic E-state index is 0.134. The van der Waals surface area contributed by atoms with Crippen LogP contribution in [0.25, 0.3) is 6.08 Å². The highest BCUT2D eigenvalue weighted by Crippen LogP contribution is 2.29. The SMILES string of the molecule is CNC(C)C=Cc1cccc(C(F)(F)F)c1. The summed E-state index contributed by atoms with van der Waals surface area (Å²) in [4.78, 5) is 0. The Morgan fingerprint density at radius 1 is 1.31 bits per heavy atom. The Morgan fingerprint density at radius 3 is 2.56 bits per heavy atom. The maximum atomic E-state index is 12.4. The molecule has 1 aromatic carbocycles. The summed E-state index contributed by atoms with van der Waals surface area (Å²) in [5.41, 5.74) is -0.0660. The van der Waals surface area contributed by atoms with Gasteiger partial charge in [-0.05, 0) is 31.7 Å². The van der Waals surface area contributed by atoms with Crippen molar-refractivity contribution in [2.75, 3.05) is 7.05 Å². The summed E-state index contributed by atoms with van der Waals surface area (Å²) in [5.74, 6) is 0. The van der Waals surface area contributed by atoms with E-state index in [0.717, 1.165) is 12.1 Å². The molecule has 1 nitrogen and oxygen atoms in total. The van der Waals surface area contributed by atoms with Crippen LogP contribution in [-0.4, -0.2) is 13.1 Å². The lowest BCUT2D eigenvalue weighted by molar-refractivity contribution is -0.137. The van der Waals surface area contributed by atoms with Crippen molar-refractivity contribution in [3.63, 3.8) is 0 Å². The zero-order valence-electron chi connectivity index (χ0n) is 9.18. The lowest BCUT2D eigenvalue weighted by Crippen LogP contribution is -2.17. The molecule has 0 saturated carbocycles. The van der Waals surface area contributed by atoms with E-state index in [9.17, 15) is 13.2 Å². The van der Waals surface area contributed by atoms with Crippen LogP contribution in [0.5, 0.6) is 0 Å². The molecular formula is C12H14F3N. The van der Waals surface area contributed by atoms with Gasteiger partial charge in [-0.2, -0.15) is 13.2 Å². The van der Waals surface area contributed by atoms with E-state index in [1.165, 1.54) is 6.07 Å². The summed E-state index contributed by atoms with van der Waals surface area (Å²) in [5, 5.41) is 2.97. The molecule has 1 aromatic rings. The summed E-state index contributed by atoms with van der Waals surface area (Å²) < 4.78 is 37.2. The van der Waals surface area contributed by atoms with Gasteiger partial charge in [0.2, 0.25) is 0 Å². The zero-order chi connectivity index (χ0) is 12.2. The molecule has 0 aliphatic rings. The molecule has 1 unspecified atom stereocenters. The quantitative estimate of drug-likeness (QED) is 0.838. The maximum absolute atomic E-state index is 12.4. The van der Waals surface area contributed by atoms with Crippen LogP contribution >= 0.6 is 0 Å². The largest absolute Gasteiger partial charge is 0.416 e. The zero-order valence-corrected chi connectivity index (χ0v) is 9.18. The van der Waals surface area contributed by atoms with Crippen molar-refractivity contribution in [2.45, 2.75) is 19.1 Å². The lowest BCUT2D eigenvalue weighted by atomic mass is 10.1. The van der Waals surface area contributed by atoms with E-state index in [0.29, 0.717) is 5.56 Å². The van der Waals surface area contributed by atoms with E-state index in [2.05, 4.69) is 5.32 Å². The molecular weight excluding hydrogens is 215 g/mol. The summed E-state index contributed by atoms with van der Waals surface area (Å²) in [6.07, 6.45) is -0.787. The first-order valence-corrected chi connectivity index (χ1v) is 4.96. The predicted molar refractivity (Wildman–Crippen MR) is 59.0 cm³/mol. The first-order chi connectivity index (χ1) is 7.43. The Morgan fingerprint density at radius 2 is 2.00 bits per heavy atom. The second-order valence-electron chi connectivity index (χ2n) is 3.56. The van der Waals surface area contributed by atoms with Gasteiger partial charge < -0.3 is 5.32 Å². The van der Waals surface area contributed by atoms with Crippen molar-refractivity contribution in [2.24, 2.45) is 0 Å². The predicted octanol–water partition coefficient (Wildman–Crippen LogP) is 3.33. The summed E-state index contributed by atoms with van der Waals surface area (Å²) in [6.45, 7) is 1.92. The molecule has 1 rings (SSSR count). The summed E-state index contributed by atoms with van der Waals surface area (Å²) in [7, 11) is 1.79. The van der Waals surface area contributed by atoms with Crippen molar-refractivity contribution in [3.05, 3.63) is 41.5 Å². The van der Waals surface area contributed by atoms with Gasteiger partial charge in [-0.1, -0.05) is 24.3 Å². The molecule has 0 heterocycles. The van der Waals surface area contributed by atoms with Gasteiger partial charge in [0.25, 0.3) is 0 Å². The fourth-order valence-corrected chi connectivity index (χ4v) is 1.17. The van der Waals surface area contributed by atoms with E-state index < -0.39 is 11.7 Å². The molecule has 0 radical (unpaired) electrons. The molecule has 0 amide bonds. The van der Waals surface area contributed by atoms with Crippen molar-refractivity contribution < 1.29 is 13.2 Å². The number of benzene rings is 1. The minimum Gasteiger partial charge on any atom is -0.314 e. The Kier molecular flexibility index (Phi) is 4.12. The van der Waals surface area contributed by atoms with E-state index in [1.54, 1.807) is 19.2 Å². The number of halogens is 3. The average Bonchev–Trinajstić information content (AvgIpc) is 2.25. The first-order valence-electron chi connectivity index (χ1n) is 4.96. The number of nitrogens with one attached hydrogen (secondary N) is 1. The molecule has 88 valence electrons. The molecule has 0 saturated heterocycles. The Labute approximate surface area is 93.0 Å². The topological polar surface area (TPSA) is 12.0 Å². The number of rotatable bonds is 3. The molecule has 0 bridgehead atoms. The standard InChI is InChI=1S/C12H14F3N/c1-9(16-2)6-7-10-4-3-5-11(8-10)12(13,14)15/h3-9,16H,1-2H3. The van der Waals surface area contributed by atoms with Crippen molar-refractivity contribution in [1.29, 1.82) is 0 Å². The molecule has 1 N–H and O–H groups in total. The van der Waals surface area contributed by atoms with Crippen LogP contribution in [-0.2, 0) is 6.18 Å². The highest BCUT2D eigenvalue weighted by molar-refractivity contribution is 5.51. The van der Waals surface area contributed by atoms with Crippen LogP contribution in [0.15, 0.2) is 30.3 Å². The second-order valence-corrected chi connectivity index (χ2v) is 3.56. The van der Waals surface area contributed by atoms with Gasteiger partial charge in [0.15, 0.2) is 0 Å². The normalized spacial score (nSPS) is 14.3. The lowest BCUT2D eigenvalue weighted by Gasteiger charge is -2.07. The Balaban J connectivity index is 2.87. The second kappa shape index (κ2) is 5.16. The monoisotopic (exact) mass is 229 g/mol. The number of likely N-dealkylation sites (N-methyl/N-ethyl adjacent to an activating group) is 1. The molecule has 0 spiro atoms. The van der Waals surface area contributed by atoms with E-state index >= 15 is 0 Å². The Bertz CT molecular complexity index is 369. The number of hydrogen-bond donors (Lipinski definition) is 1. The molecule has 1 atom stereocenters. The maximum Gasteiger partial charge on any atom is 0.416 e. The van der Waals surface area contributed by atoms with E-state index in [1.807, 2.05) is 13.0 Å². The smallest absolute Gasteiger partial charge is 0.314 e. The summed E-state index contributed by atoms with van der Waals surface area (Å²) in [6, 6.07) is 5.40. The Hall–Kier alpha value is -1.29. The molecule has 16 heavy (non-hydrogen) atoms. The minimum atomic E-state index is -4.28. The molecule has 0 fully saturated rings. The third kappa shape index (κ3) is 3.70. The van der Waals surface area contributed by atoms with Gasteiger partial charge in [0.1, 0.15) is 0 Å². The van der Waals surface area contributed by atoms with Crippen LogP contribution in [0.4, 0.5) is 13.2 Å². The van der Waals surface area contributed by atoms with Gasteiger partial charge in [-0.15, -0.1) is 0 Å². The van der Waals surface area contributed by atoms with Gasteiger partial charge >= 0.3 is 6.18 Å². The molecule has 0 aromatic heterocycles. The highest BCUT2D eigenvalue weighted by Gasteiger charge is 2.30. The van der Waals surface area contributed by atoms with Crippen molar-refractivity contribution in [3.8, 4) is 0 Å². The van der Waals surface area contributed by atoms with Crippen LogP contribution in [0.3, 0.4) is 0 Å². The van der Waals surface area contributed by atoms with Gasteiger partial charge in [-0.3, -0.25) is 0 Å². The van der Waals surface area contributed by atoms with E-state index in [4.69, 9.17) is 0 Å². The number of hydrogen-bond acceptors (Lipinski definition) is 1. The van der Waals surface area contributed by atoms with Crippen LogP contribution in [0.2, 0.25) is 0 Å². The van der Waals surface area contributed by atoms with E-state index in [-0.39, 0.29) is 6.04 Å². The highest BCUT2D eigenvalue weighted by atomic mass is 19.4. The number of alkyl halides is 3. The van der Waals surface area contributed by atoms with Crippen molar-refractivity contribution in [1.82, 2.24) is 5.32 Å².